The molecule has 0 aromatic heterocycles. The van der Waals surface area contributed by atoms with Crippen molar-refractivity contribution >= 4 is 35.4 Å². The van der Waals surface area contributed by atoms with Crippen LogP contribution in [0.2, 0.25) is 0 Å². The van der Waals surface area contributed by atoms with Gasteiger partial charge >= 0.3 is 0 Å². The van der Waals surface area contributed by atoms with Crippen molar-refractivity contribution in [3.63, 3.8) is 0 Å². The monoisotopic (exact) mass is 979 g/mol. The molecule has 10 atom stereocenters. The number of likely N-dealkylation sites (tertiary alicyclic amines) is 2. The molecule has 0 radical (unpaired) electrons. The smallest absolute Gasteiger partial charge is 0.250 e. The molecule has 6 rings (SSSR count). The Morgan fingerprint density at radius 3 is 1.59 bits per heavy atom. The minimum atomic E-state index is -1.26. The summed E-state index contributed by atoms with van der Waals surface area (Å²) in [5, 5.41) is 30.6. The minimum Gasteiger partial charge on any atom is -0.394 e. The fraction of sp³-hybridized carbons (Fsp3) is 0.547. The Kier molecular flexibility index (Phi) is 19.0. The SMILES string of the molecule is C=C(C)[C@H](NC(=O)[C@@H](N)CO)C(=O)N1C[C@@H](OCC#CC#CCO[C@H]2CC(C(=O)N[C@@H]3CCCc4ccccc43)N(C(=O)[C@@H](NC(=O)[C@@H](N)CO)C(C)(C)C)C2)C[C@H]1C(=O)N[C@@H]1CCCc2ccccc21. The van der Waals surface area contributed by atoms with E-state index < -0.39 is 90.7 Å². The lowest BCUT2D eigenvalue weighted by Gasteiger charge is -2.36. The first kappa shape index (κ1) is 54.2. The summed E-state index contributed by atoms with van der Waals surface area (Å²) >= 11 is 0. The van der Waals surface area contributed by atoms with Crippen molar-refractivity contribution in [1.29, 1.82) is 0 Å². The number of aliphatic hydroxyl groups is 2. The van der Waals surface area contributed by atoms with E-state index in [1.54, 1.807) is 27.7 Å². The van der Waals surface area contributed by atoms with Crippen LogP contribution >= 0.6 is 0 Å². The number of aliphatic hydroxyl groups excluding tert-OH is 2. The topological polar surface area (TPSA) is 268 Å². The van der Waals surface area contributed by atoms with Crippen LogP contribution in [0.3, 0.4) is 0 Å². The summed E-state index contributed by atoms with van der Waals surface area (Å²) in [6, 6.07) is 8.85. The molecule has 2 fully saturated rings. The molecule has 2 heterocycles. The summed E-state index contributed by atoms with van der Waals surface area (Å²) in [4.78, 5) is 85.0. The molecule has 0 spiro atoms. The van der Waals surface area contributed by atoms with Gasteiger partial charge in [-0.3, -0.25) is 28.8 Å². The maximum absolute atomic E-state index is 14.4. The second-order valence-electron chi connectivity index (χ2n) is 19.9. The molecule has 2 aliphatic heterocycles. The third-order valence-corrected chi connectivity index (χ3v) is 13.6. The zero-order chi connectivity index (χ0) is 51.4. The number of nitrogens with one attached hydrogen (secondary N) is 4. The largest absolute Gasteiger partial charge is 0.394 e. The van der Waals surface area contributed by atoms with E-state index >= 15 is 0 Å². The quantitative estimate of drug-likeness (QED) is 0.0800. The fourth-order valence-corrected chi connectivity index (χ4v) is 9.68. The highest BCUT2D eigenvalue weighted by molar-refractivity contribution is 5.96. The fourth-order valence-electron chi connectivity index (χ4n) is 9.68. The lowest BCUT2D eigenvalue weighted by atomic mass is 9.85. The van der Waals surface area contributed by atoms with E-state index in [2.05, 4.69) is 57.6 Å². The predicted molar refractivity (Wildman–Crippen MR) is 264 cm³/mol. The minimum absolute atomic E-state index is 0.0258. The molecule has 18 heteroatoms. The number of hydrogen-bond donors (Lipinski definition) is 8. The maximum atomic E-state index is 14.4. The van der Waals surface area contributed by atoms with Gasteiger partial charge in [0.1, 0.15) is 49.5 Å². The van der Waals surface area contributed by atoms with Crippen LogP contribution in [-0.2, 0) is 51.1 Å². The van der Waals surface area contributed by atoms with E-state index in [0.29, 0.717) is 5.57 Å². The second kappa shape index (κ2) is 24.8. The number of nitrogens with two attached hydrogens (primary N) is 2. The van der Waals surface area contributed by atoms with Gasteiger partial charge in [0, 0.05) is 25.9 Å². The molecule has 71 heavy (non-hydrogen) atoms. The molecule has 2 aliphatic carbocycles. The molecule has 10 N–H and O–H groups in total. The first-order chi connectivity index (χ1) is 33.9. The Balaban J connectivity index is 1.09. The van der Waals surface area contributed by atoms with E-state index in [-0.39, 0.29) is 63.0 Å². The summed E-state index contributed by atoms with van der Waals surface area (Å²) in [6.45, 7) is 9.55. The number of benzene rings is 2. The summed E-state index contributed by atoms with van der Waals surface area (Å²) in [5.41, 5.74) is 15.5. The first-order valence-corrected chi connectivity index (χ1v) is 24.5. The van der Waals surface area contributed by atoms with Crippen molar-refractivity contribution < 1.29 is 48.5 Å². The van der Waals surface area contributed by atoms with Crippen LogP contribution < -0.4 is 32.7 Å². The number of amides is 6. The highest BCUT2D eigenvalue weighted by Crippen LogP contribution is 2.33. The maximum Gasteiger partial charge on any atom is 0.250 e. The first-order valence-electron chi connectivity index (χ1n) is 24.5. The molecule has 0 saturated carbocycles. The van der Waals surface area contributed by atoms with Crippen molar-refractivity contribution in [3.05, 3.63) is 82.9 Å². The highest BCUT2D eigenvalue weighted by atomic mass is 16.5. The van der Waals surface area contributed by atoms with E-state index in [1.807, 2.05) is 42.5 Å². The molecule has 18 nitrogen and oxygen atoms in total. The van der Waals surface area contributed by atoms with Gasteiger partial charge in [0.05, 0.1) is 37.5 Å². The number of carbonyl (C=O) groups is 6. The Bertz CT molecular complexity index is 2420. The number of aryl methyl sites for hydroxylation is 2. The molecular formula is C53H70N8O10. The molecule has 2 aromatic carbocycles. The van der Waals surface area contributed by atoms with Gasteiger partial charge in [0.2, 0.25) is 35.4 Å². The predicted octanol–water partition coefficient (Wildman–Crippen LogP) is 0.584. The van der Waals surface area contributed by atoms with E-state index in [1.165, 1.54) is 15.4 Å². The van der Waals surface area contributed by atoms with Gasteiger partial charge in [0.15, 0.2) is 0 Å². The van der Waals surface area contributed by atoms with Crippen LogP contribution in [0.4, 0.5) is 0 Å². The van der Waals surface area contributed by atoms with Gasteiger partial charge in [0.25, 0.3) is 0 Å². The average molecular weight is 979 g/mol. The number of rotatable bonds is 17. The summed E-state index contributed by atoms with van der Waals surface area (Å²) in [7, 11) is 0. The average Bonchev–Trinajstić information content (AvgIpc) is 4.00. The van der Waals surface area contributed by atoms with Crippen molar-refractivity contribution in [2.75, 3.05) is 39.5 Å². The Hall–Kier alpha value is -6.12. The third kappa shape index (κ3) is 13.9. The van der Waals surface area contributed by atoms with Crippen LogP contribution in [0.1, 0.15) is 101 Å². The van der Waals surface area contributed by atoms with Crippen LogP contribution in [0.15, 0.2) is 60.7 Å². The number of carbonyl (C=O) groups excluding carboxylic acids is 6. The Morgan fingerprint density at radius 2 is 1.15 bits per heavy atom. The number of hydrogen-bond acceptors (Lipinski definition) is 12. The second-order valence-corrected chi connectivity index (χ2v) is 19.9. The third-order valence-electron chi connectivity index (χ3n) is 13.6. The van der Waals surface area contributed by atoms with Crippen LogP contribution in [-0.4, -0.2) is 143 Å². The molecule has 2 saturated heterocycles. The molecule has 1 unspecified atom stereocenters. The van der Waals surface area contributed by atoms with Gasteiger partial charge < -0.3 is 62.2 Å². The zero-order valence-corrected chi connectivity index (χ0v) is 41.2. The Morgan fingerprint density at radius 1 is 0.718 bits per heavy atom. The summed E-state index contributed by atoms with van der Waals surface area (Å²) < 4.78 is 12.2. The van der Waals surface area contributed by atoms with Crippen molar-refractivity contribution in [3.8, 4) is 23.7 Å². The standard InChI is InChI=1S/C53H70N8O10/c1-32(2)45(58-47(64)39(54)30-62)51(68)60-28-35(26-43(60)49(66)56-41-22-14-18-33-16-8-10-20-37(33)41)70-24-12-6-7-13-25-71-36-27-44(50(67)57-42-23-15-19-34-17-9-11-21-38(34)42)61(29-36)52(69)46(53(3,4)5)59-48(65)40(55)31-63/h8-11,16-17,20-21,35-36,39-46,62-63H,1,14-15,18-19,22-31,54-55H2,2-5H3,(H,56,66)(H,57,67)(H,58,64)(H,59,65)/t35-,36-,39-,40-,41+,42+,43-,44?,45-,46+/m0/s1. The number of nitrogens with zero attached hydrogens (tertiary/aromatic N) is 2. The zero-order valence-electron chi connectivity index (χ0n) is 41.2. The van der Waals surface area contributed by atoms with Crippen LogP contribution in [0.5, 0.6) is 0 Å². The lowest BCUT2D eigenvalue weighted by molar-refractivity contribution is -0.144. The van der Waals surface area contributed by atoms with Crippen LogP contribution in [0, 0.1) is 29.1 Å². The van der Waals surface area contributed by atoms with E-state index in [9.17, 15) is 39.0 Å². The molecule has 6 amide bonds. The molecular weight excluding hydrogens is 909 g/mol. The van der Waals surface area contributed by atoms with Crippen LogP contribution in [0.25, 0.3) is 0 Å². The van der Waals surface area contributed by atoms with Crippen molar-refractivity contribution in [2.45, 2.75) is 140 Å². The number of ether oxygens (including phenoxy) is 2. The number of fused-ring (bicyclic) bond motifs is 2. The summed E-state index contributed by atoms with van der Waals surface area (Å²) in [6.07, 6.45) is 4.26. The highest BCUT2D eigenvalue weighted by Gasteiger charge is 2.47. The summed E-state index contributed by atoms with van der Waals surface area (Å²) in [5.74, 6) is 8.04. The van der Waals surface area contributed by atoms with E-state index in [0.717, 1.165) is 55.2 Å². The Labute approximate surface area is 416 Å². The van der Waals surface area contributed by atoms with Gasteiger partial charge in [-0.25, -0.2) is 0 Å². The molecule has 382 valence electrons. The molecule has 2 aromatic rings. The van der Waals surface area contributed by atoms with Crippen molar-refractivity contribution in [2.24, 2.45) is 16.9 Å². The van der Waals surface area contributed by atoms with Crippen molar-refractivity contribution in [1.82, 2.24) is 31.1 Å². The molecule has 4 aliphatic rings. The van der Waals surface area contributed by atoms with Gasteiger partial charge in [-0.2, -0.15) is 0 Å². The van der Waals surface area contributed by atoms with Gasteiger partial charge in [-0.15, -0.1) is 0 Å². The molecule has 0 bridgehead atoms. The normalized spacial score (nSPS) is 23.2. The lowest BCUT2D eigenvalue weighted by Crippen LogP contribution is -2.60. The van der Waals surface area contributed by atoms with Gasteiger partial charge in [-0.1, -0.05) is 87.7 Å². The van der Waals surface area contributed by atoms with Gasteiger partial charge in [-0.05, 0) is 90.5 Å². The van der Waals surface area contributed by atoms with E-state index in [4.69, 9.17) is 20.9 Å².